The summed E-state index contributed by atoms with van der Waals surface area (Å²) in [5.74, 6) is -2.73. The van der Waals surface area contributed by atoms with Crippen molar-refractivity contribution in [2.75, 3.05) is 6.54 Å². The number of rotatable bonds is 8. The molecular formula is C41H43N9O7S2. The van der Waals surface area contributed by atoms with Crippen LogP contribution in [-0.2, 0) is 31.5 Å². The van der Waals surface area contributed by atoms with Crippen LogP contribution in [0.25, 0.3) is 32.0 Å². The van der Waals surface area contributed by atoms with Gasteiger partial charge in [0.05, 0.1) is 33.0 Å². The molecule has 5 heterocycles. The minimum Gasteiger partial charge on any atom is -0.471 e. The third-order valence-electron chi connectivity index (χ3n) is 11.4. The topological polar surface area (TPSA) is 207 Å². The molecule has 0 radical (unpaired) electrons. The van der Waals surface area contributed by atoms with E-state index in [1.54, 1.807) is 19.3 Å². The van der Waals surface area contributed by atoms with Crippen LogP contribution in [0.15, 0.2) is 72.9 Å². The Morgan fingerprint density at radius 1 is 0.949 bits per heavy atom. The van der Waals surface area contributed by atoms with Crippen LogP contribution in [0.4, 0.5) is 0 Å². The first kappa shape index (κ1) is 38.8. The van der Waals surface area contributed by atoms with Crippen LogP contribution in [0, 0.1) is 5.92 Å². The number of nitrogens with one attached hydrogen (secondary N) is 3. The average Bonchev–Trinajstić information content (AvgIpc) is 4.04. The number of benzene rings is 2. The van der Waals surface area contributed by atoms with Gasteiger partial charge in [-0.15, -0.1) is 11.3 Å². The molecule has 4 amide bonds. The van der Waals surface area contributed by atoms with Gasteiger partial charge in [0.2, 0.25) is 27.7 Å². The molecule has 5 atom stereocenters. The van der Waals surface area contributed by atoms with E-state index < -0.39 is 68.5 Å². The molecule has 4 aliphatic rings. The quantitative estimate of drug-likeness (QED) is 0.192. The summed E-state index contributed by atoms with van der Waals surface area (Å²) in [5, 5.41) is 9.94. The lowest BCUT2D eigenvalue weighted by atomic mass is 10.0. The minimum absolute atomic E-state index is 0.00481. The number of thiazole rings is 1. The highest BCUT2D eigenvalue weighted by atomic mass is 32.2. The fourth-order valence-corrected chi connectivity index (χ4v) is 10.3. The van der Waals surface area contributed by atoms with Crippen LogP contribution in [0.1, 0.15) is 68.3 Å². The third-order valence-corrected chi connectivity index (χ3v) is 14.3. The number of sulfonamides is 1. The summed E-state index contributed by atoms with van der Waals surface area (Å²) in [5.41, 5.74) is 1.02. The molecule has 9 rings (SSSR count). The monoisotopic (exact) mass is 837 g/mol. The predicted octanol–water partition coefficient (Wildman–Crippen LogP) is 3.79. The van der Waals surface area contributed by atoms with Crippen LogP contribution >= 0.6 is 11.3 Å². The number of allylic oxidation sites excluding steroid dienone is 1. The van der Waals surface area contributed by atoms with Gasteiger partial charge < -0.3 is 20.3 Å². The van der Waals surface area contributed by atoms with Crippen LogP contribution in [-0.4, -0.2) is 97.2 Å². The van der Waals surface area contributed by atoms with E-state index in [4.69, 9.17) is 19.7 Å². The maximum atomic E-state index is 14.8. The number of aromatic nitrogens is 5. The molecule has 0 bridgehead atoms. The third kappa shape index (κ3) is 7.90. The number of carbonyl (C=O) groups excluding carboxylic acids is 4. The van der Waals surface area contributed by atoms with Crippen molar-refractivity contribution >= 4 is 66.2 Å². The molecule has 59 heavy (non-hydrogen) atoms. The van der Waals surface area contributed by atoms with Crippen molar-refractivity contribution in [3.8, 4) is 16.6 Å². The van der Waals surface area contributed by atoms with Crippen LogP contribution in [0.3, 0.4) is 0 Å². The molecule has 2 aromatic carbocycles. The normalized spacial score (nSPS) is 25.6. The Balaban J connectivity index is 1.06. The second-order valence-corrected chi connectivity index (χ2v) is 18.7. The SMILES string of the molecule is Cn1ccc(C(=O)N[C@H]2CCCCC/C=C\[C@@H]3C[C@@]3(C(=O)NS(=O)(=O)C3CC3)NC(=O)[C@@H]3C[C@@H](Oc4nc5ccccc5nc4-c4nc5ccccc5s4)CN3C2=O)n1. The maximum absolute atomic E-state index is 14.8. The number of hydrogen-bond acceptors (Lipinski definition) is 12. The molecular weight excluding hydrogens is 795 g/mol. The van der Waals surface area contributed by atoms with E-state index in [0.29, 0.717) is 53.8 Å². The molecule has 2 aliphatic carbocycles. The van der Waals surface area contributed by atoms with Crippen LogP contribution < -0.4 is 20.1 Å². The van der Waals surface area contributed by atoms with E-state index in [0.717, 1.165) is 23.1 Å². The van der Waals surface area contributed by atoms with Gasteiger partial charge in [-0.3, -0.25) is 28.6 Å². The van der Waals surface area contributed by atoms with Crippen LogP contribution in [0.5, 0.6) is 5.88 Å². The van der Waals surface area contributed by atoms with E-state index in [1.165, 1.54) is 20.9 Å². The lowest BCUT2D eigenvalue weighted by Gasteiger charge is -2.29. The number of hydrogen-bond donors (Lipinski definition) is 3. The molecule has 3 aromatic heterocycles. The summed E-state index contributed by atoms with van der Waals surface area (Å²) in [6.45, 7) is -0.0563. The van der Waals surface area contributed by atoms with Gasteiger partial charge in [-0.25, -0.2) is 23.4 Å². The average molecular weight is 838 g/mol. The first-order valence-electron chi connectivity index (χ1n) is 19.9. The Labute approximate surface area is 343 Å². The van der Waals surface area contributed by atoms with E-state index in [2.05, 4.69) is 20.5 Å². The fourth-order valence-electron chi connectivity index (χ4n) is 7.95. The first-order valence-corrected chi connectivity index (χ1v) is 22.3. The zero-order chi connectivity index (χ0) is 40.9. The van der Waals surface area contributed by atoms with Crippen molar-refractivity contribution in [2.24, 2.45) is 13.0 Å². The van der Waals surface area contributed by atoms with Gasteiger partial charge in [0.25, 0.3) is 11.8 Å². The Bertz CT molecular complexity index is 2590. The molecule has 0 spiro atoms. The Morgan fingerprint density at radius 3 is 2.46 bits per heavy atom. The molecule has 1 saturated heterocycles. The fraction of sp³-hybridized carbons (Fsp3) is 0.415. The summed E-state index contributed by atoms with van der Waals surface area (Å²) in [7, 11) is -2.23. The molecule has 3 fully saturated rings. The van der Waals surface area contributed by atoms with Gasteiger partial charge in [-0.1, -0.05) is 49.3 Å². The van der Waals surface area contributed by atoms with Gasteiger partial charge in [-0.05, 0) is 68.9 Å². The molecule has 3 N–H and O–H groups in total. The van der Waals surface area contributed by atoms with Gasteiger partial charge in [-0.2, -0.15) is 5.10 Å². The van der Waals surface area contributed by atoms with Crippen molar-refractivity contribution in [1.29, 1.82) is 0 Å². The van der Waals surface area contributed by atoms with Gasteiger partial charge in [0.1, 0.15) is 34.4 Å². The Morgan fingerprint density at radius 2 is 1.71 bits per heavy atom. The van der Waals surface area contributed by atoms with E-state index in [9.17, 15) is 27.6 Å². The molecule has 306 valence electrons. The number of para-hydroxylation sites is 3. The second kappa shape index (κ2) is 15.4. The maximum Gasteiger partial charge on any atom is 0.272 e. The van der Waals surface area contributed by atoms with Gasteiger partial charge >= 0.3 is 0 Å². The van der Waals surface area contributed by atoms with Crippen LogP contribution in [0.2, 0.25) is 0 Å². The van der Waals surface area contributed by atoms with Crippen molar-refractivity contribution in [1.82, 2.24) is 45.0 Å². The lowest BCUT2D eigenvalue weighted by molar-refractivity contribution is -0.141. The lowest BCUT2D eigenvalue weighted by Crippen LogP contribution is -2.58. The molecule has 5 aromatic rings. The summed E-state index contributed by atoms with van der Waals surface area (Å²) in [6.07, 6.45) is 8.95. The number of fused-ring (bicyclic) bond motifs is 4. The highest BCUT2D eigenvalue weighted by Crippen LogP contribution is 2.46. The Kier molecular flexibility index (Phi) is 10.1. The Hall–Kier alpha value is -5.75. The summed E-state index contributed by atoms with van der Waals surface area (Å²) >= 11 is 1.44. The van der Waals surface area contributed by atoms with E-state index in [-0.39, 0.29) is 31.0 Å². The van der Waals surface area contributed by atoms with Crippen molar-refractivity contribution < 1.29 is 32.3 Å². The summed E-state index contributed by atoms with van der Waals surface area (Å²) in [4.78, 5) is 72.6. The molecule has 16 nitrogen and oxygen atoms in total. The highest BCUT2D eigenvalue weighted by molar-refractivity contribution is 7.91. The first-order chi connectivity index (χ1) is 28.5. The van der Waals surface area contributed by atoms with Gasteiger partial charge in [0, 0.05) is 25.6 Å². The van der Waals surface area contributed by atoms with Crippen molar-refractivity contribution in [3.05, 3.63) is 78.6 Å². The number of carbonyl (C=O) groups is 4. The smallest absolute Gasteiger partial charge is 0.272 e. The zero-order valence-electron chi connectivity index (χ0n) is 32.2. The molecule has 2 aliphatic heterocycles. The highest BCUT2D eigenvalue weighted by Gasteiger charge is 2.62. The molecule has 18 heteroatoms. The minimum atomic E-state index is -3.92. The number of nitrogens with zero attached hydrogens (tertiary/aromatic N) is 6. The number of aryl methyl sites for hydroxylation is 1. The summed E-state index contributed by atoms with van der Waals surface area (Å²) in [6, 6.07) is 14.5. The largest absolute Gasteiger partial charge is 0.471 e. The summed E-state index contributed by atoms with van der Waals surface area (Å²) < 4.78 is 37.2. The predicted molar refractivity (Wildman–Crippen MR) is 218 cm³/mol. The van der Waals surface area contributed by atoms with E-state index in [1.807, 2.05) is 60.7 Å². The van der Waals surface area contributed by atoms with E-state index >= 15 is 0 Å². The molecule has 0 unspecified atom stereocenters. The second-order valence-electron chi connectivity index (χ2n) is 15.7. The standard InChI is InChI=1S/C41H43N9O7S2/c1-49-20-19-30(47-49)35(51)43-31-15-6-4-2-3-5-11-24-22-41(24,40(54)48-59(55,56)26-17-18-26)46-36(52)32-21-25(23-50(32)39(31)53)57-37-34(42-27-12-7-8-13-28(27)44-37)38-45-29-14-9-10-16-33(29)58-38/h5,7-14,16,19-20,24-26,31-32H,2-4,6,15,17-18,21-23H2,1H3,(H,43,51)(H,46,52)(H,48,54)/b11-5-/t24-,25-,31+,32+,41-/m1/s1. The number of amides is 4. The van der Waals surface area contributed by atoms with Crippen molar-refractivity contribution in [3.63, 3.8) is 0 Å². The van der Waals surface area contributed by atoms with Gasteiger partial charge in [0.15, 0.2) is 5.69 Å². The molecule has 2 saturated carbocycles. The van der Waals surface area contributed by atoms with Crippen molar-refractivity contribution in [2.45, 2.75) is 86.8 Å². The zero-order valence-corrected chi connectivity index (χ0v) is 33.9. The number of ether oxygens (including phenoxy) is 1.